The first-order chi connectivity index (χ1) is 5.79. The van der Waals surface area contributed by atoms with Gasteiger partial charge < -0.3 is 10.0 Å². The number of halogens is 1. The number of rotatable bonds is 4. The Balaban J connectivity index is 2.41. The number of carbonyl (C=O) groups is 1. The molecule has 0 atom stereocenters. The predicted molar refractivity (Wildman–Crippen MR) is 50.2 cm³/mol. The van der Waals surface area contributed by atoms with Gasteiger partial charge in [-0.1, -0.05) is 15.9 Å². The zero-order chi connectivity index (χ0) is 8.97. The van der Waals surface area contributed by atoms with Crippen LogP contribution in [-0.2, 0) is 4.79 Å². The van der Waals surface area contributed by atoms with E-state index in [-0.39, 0.29) is 12.5 Å². The molecule has 0 aromatic carbocycles. The molecule has 3 nitrogen and oxygen atoms in total. The highest BCUT2D eigenvalue weighted by molar-refractivity contribution is 9.09. The van der Waals surface area contributed by atoms with Gasteiger partial charge in [-0.15, -0.1) is 0 Å². The van der Waals surface area contributed by atoms with Crippen LogP contribution in [0.25, 0.3) is 0 Å². The summed E-state index contributed by atoms with van der Waals surface area (Å²) in [6.45, 7) is 0.546. The van der Waals surface area contributed by atoms with Crippen LogP contribution < -0.4 is 0 Å². The number of aliphatic hydroxyl groups is 1. The SMILES string of the molecule is O=C(CBr)N(CCO)C1CCC1. The molecule has 0 aromatic heterocycles. The van der Waals surface area contributed by atoms with Gasteiger partial charge in [-0.05, 0) is 19.3 Å². The average Bonchev–Trinajstić information content (AvgIpc) is 1.99. The van der Waals surface area contributed by atoms with Crippen LogP contribution in [0.5, 0.6) is 0 Å². The zero-order valence-corrected chi connectivity index (χ0v) is 8.59. The molecule has 1 N–H and O–H groups in total. The minimum Gasteiger partial charge on any atom is -0.395 e. The number of aliphatic hydroxyl groups excluding tert-OH is 1. The lowest BCUT2D eigenvalue weighted by Crippen LogP contribution is -2.46. The fourth-order valence-corrected chi connectivity index (χ4v) is 1.72. The van der Waals surface area contributed by atoms with E-state index in [1.807, 2.05) is 0 Å². The first-order valence-corrected chi connectivity index (χ1v) is 5.38. The van der Waals surface area contributed by atoms with E-state index < -0.39 is 0 Å². The van der Waals surface area contributed by atoms with E-state index in [1.54, 1.807) is 4.90 Å². The Morgan fingerprint density at radius 2 is 2.25 bits per heavy atom. The summed E-state index contributed by atoms with van der Waals surface area (Å²) in [5.74, 6) is 0.0914. The molecule has 1 amide bonds. The quantitative estimate of drug-likeness (QED) is 0.732. The summed E-state index contributed by atoms with van der Waals surface area (Å²) in [6, 6.07) is 0.391. The lowest BCUT2D eigenvalue weighted by molar-refractivity contribution is -0.132. The Kier molecular flexibility index (Phi) is 4.01. The molecule has 12 heavy (non-hydrogen) atoms. The number of nitrogens with zero attached hydrogens (tertiary/aromatic N) is 1. The normalized spacial score (nSPS) is 17.2. The first kappa shape index (κ1) is 9.99. The van der Waals surface area contributed by atoms with Crippen molar-refractivity contribution in [1.82, 2.24) is 4.90 Å². The Morgan fingerprint density at radius 1 is 1.58 bits per heavy atom. The van der Waals surface area contributed by atoms with Gasteiger partial charge in [0.25, 0.3) is 0 Å². The van der Waals surface area contributed by atoms with Crippen molar-refractivity contribution < 1.29 is 9.90 Å². The molecule has 1 rings (SSSR count). The molecule has 0 unspecified atom stereocenters. The Bertz CT molecular complexity index is 159. The van der Waals surface area contributed by atoms with Gasteiger partial charge in [0.2, 0.25) is 5.91 Å². The van der Waals surface area contributed by atoms with Crippen LogP contribution in [0.15, 0.2) is 0 Å². The lowest BCUT2D eigenvalue weighted by atomic mass is 9.91. The summed E-state index contributed by atoms with van der Waals surface area (Å²) in [4.78, 5) is 13.1. The Morgan fingerprint density at radius 3 is 2.58 bits per heavy atom. The maximum atomic E-state index is 11.3. The van der Waals surface area contributed by atoms with Gasteiger partial charge in [0, 0.05) is 12.6 Å². The van der Waals surface area contributed by atoms with Crippen LogP contribution in [0.2, 0.25) is 0 Å². The van der Waals surface area contributed by atoms with Crippen LogP contribution in [-0.4, -0.2) is 40.4 Å². The Hall–Kier alpha value is -0.0900. The first-order valence-electron chi connectivity index (χ1n) is 4.26. The third-order valence-electron chi connectivity index (χ3n) is 2.29. The minimum atomic E-state index is 0.0647. The second-order valence-corrected chi connectivity index (χ2v) is 3.59. The van der Waals surface area contributed by atoms with E-state index in [2.05, 4.69) is 15.9 Å². The highest BCUT2D eigenvalue weighted by Gasteiger charge is 2.27. The summed E-state index contributed by atoms with van der Waals surface area (Å²) < 4.78 is 0. The second kappa shape index (κ2) is 4.82. The van der Waals surface area contributed by atoms with Gasteiger partial charge in [0.15, 0.2) is 0 Å². The maximum Gasteiger partial charge on any atom is 0.233 e. The van der Waals surface area contributed by atoms with Crippen molar-refractivity contribution in [2.75, 3.05) is 18.5 Å². The number of hydrogen-bond donors (Lipinski definition) is 1. The summed E-state index contributed by atoms with van der Waals surface area (Å²) in [7, 11) is 0. The average molecular weight is 236 g/mol. The molecule has 4 heteroatoms. The van der Waals surface area contributed by atoms with Crippen molar-refractivity contribution in [2.24, 2.45) is 0 Å². The van der Waals surface area contributed by atoms with Gasteiger partial charge >= 0.3 is 0 Å². The van der Waals surface area contributed by atoms with Crippen molar-refractivity contribution in [3.05, 3.63) is 0 Å². The van der Waals surface area contributed by atoms with Crippen LogP contribution in [0.1, 0.15) is 19.3 Å². The molecule has 0 saturated heterocycles. The summed E-state index contributed by atoms with van der Waals surface area (Å²) in [6.07, 6.45) is 3.40. The van der Waals surface area contributed by atoms with Crippen LogP contribution in [0, 0.1) is 0 Å². The molecule has 1 aliphatic carbocycles. The standard InChI is InChI=1S/C8H14BrNO2/c9-6-8(12)10(4-5-11)7-2-1-3-7/h7,11H,1-6H2. The van der Waals surface area contributed by atoms with Gasteiger partial charge in [0.05, 0.1) is 11.9 Å². The Labute approximate surface area is 80.9 Å². The van der Waals surface area contributed by atoms with Crippen molar-refractivity contribution in [1.29, 1.82) is 0 Å². The molecular weight excluding hydrogens is 222 g/mol. The molecule has 1 aliphatic rings. The van der Waals surface area contributed by atoms with Gasteiger partial charge in [-0.25, -0.2) is 0 Å². The van der Waals surface area contributed by atoms with E-state index >= 15 is 0 Å². The molecule has 0 heterocycles. The van der Waals surface area contributed by atoms with E-state index in [1.165, 1.54) is 6.42 Å². The topological polar surface area (TPSA) is 40.5 Å². The van der Waals surface area contributed by atoms with Crippen molar-refractivity contribution >= 4 is 21.8 Å². The molecule has 0 spiro atoms. The second-order valence-electron chi connectivity index (χ2n) is 3.03. The largest absolute Gasteiger partial charge is 0.395 e. The third-order valence-corrected chi connectivity index (χ3v) is 2.77. The number of carbonyl (C=O) groups excluding carboxylic acids is 1. The summed E-state index contributed by atoms with van der Waals surface area (Å²) in [5, 5.41) is 9.10. The smallest absolute Gasteiger partial charge is 0.233 e. The molecule has 0 aromatic rings. The molecule has 0 bridgehead atoms. The lowest BCUT2D eigenvalue weighted by Gasteiger charge is -2.36. The molecule has 0 radical (unpaired) electrons. The van der Waals surface area contributed by atoms with Gasteiger partial charge in [0.1, 0.15) is 0 Å². The third kappa shape index (κ3) is 2.20. The monoisotopic (exact) mass is 235 g/mol. The van der Waals surface area contributed by atoms with Gasteiger partial charge in [-0.2, -0.15) is 0 Å². The van der Waals surface area contributed by atoms with Crippen molar-refractivity contribution in [3.63, 3.8) is 0 Å². The fraction of sp³-hybridized carbons (Fsp3) is 0.875. The molecule has 70 valence electrons. The highest BCUT2D eigenvalue weighted by Crippen LogP contribution is 2.24. The van der Waals surface area contributed by atoms with E-state index in [0.717, 1.165) is 12.8 Å². The minimum absolute atomic E-state index is 0.0647. The molecule has 0 aliphatic heterocycles. The van der Waals surface area contributed by atoms with Gasteiger partial charge in [-0.3, -0.25) is 4.79 Å². The van der Waals surface area contributed by atoms with Crippen LogP contribution in [0.3, 0.4) is 0 Å². The van der Waals surface area contributed by atoms with E-state index in [9.17, 15) is 4.79 Å². The number of alkyl halides is 1. The van der Waals surface area contributed by atoms with Crippen molar-refractivity contribution in [3.8, 4) is 0 Å². The number of hydrogen-bond acceptors (Lipinski definition) is 2. The molecular formula is C8H14BrNO2. The molecule has 1 fully saturated rings. The maximum absolute atomic E-state index is 11.3. The van der Waals surface area contributed by atoms with Crippen LogP contribution in [0.4, 0.5) is 0 Å². The van der Waals surface area contributed by atoms with E-state index in [0.29, 0.717) is 17.9 Å². The number of amides is 1. The molecule has 1 saturated carbocycles. The van der Waals surface area contributed by atoms with E-state index in [4.69, 9.17) is 5.11 Å². The summed E-state index contributed by atoms with van der Waals surface area (Å²) in [5.41, 5.74) is 0. The highest BCUT2D eigenvalue weighted by atomic mass is 79.9. The predicted octanol–water partition coefficient (Wildman–Crippen LogP) is 0.755. The zero-order valence-electron chi connectivity index (χ0n) is 7.00. The van der Waals surface area contributed by atoms with Crippen LogP contribution >= 0.6 is 15.9 Å². The fourth-order valence-electron chi connectivity index (χ4n) is 1.39. The summed E-state index contributed by atoms with van der Waals surface area (Å²) >= 11 is 3.13. The van der Waals surface area contributed by atoms with Crippen molar-refractivity contribution in [2.45, 2.75) is 25.3 Å².